The third-order valence-electron chi connectivity index (χ3n) is 1.94. The topological polar surface area (TPSA) is 0 Å². The van der Waals surface area contributed by atoms with Crippen molar-refractivity contribution in [2.24, 2.45) is 0 Å². The van der Waals surface area contributed by atoms with E-state index < -0.39 is 8.07 Å². The quantitative estimate of drug-likeness (QED) is 0.700. The molecular weight excluding hydrogens is 227 g/mol. The molecule has 1 aromatic rings. The van der Waals surface area contributed by atoms with Gasteiger partial charge < -0.3 is 0 Å². The summed E-state index contributed by atoms with van der Waals surface area (Å²) in [7, 11) is -1.03. The van der Waals surface area contributed by atoms with Crippen LogP contribution in [-0.4, -0.2) is 24.1 Å². The molecule has 66 valence electrons. The molecule has 0 aromatic heterocycles. The average Bonchev–Trinajstić information content (AvgIpc) is 2.03. The van der Waals surface area contributed by atoms with Crippen LogP contribution in [0.1, 0.15) is 10.0 Å². The Kier molecular flexibility index (Phi) is 3.16. The Balaban J connectivity index is 2.86. The van der Waals surface area contributed by atoms with Gasteiger partial charge in [-0.2, -0.15) is 0 Å². The van der Waals surface area contributed by atoms with Crippen LogP contribution in [0.3, 0.4) is 0 Å². The van der Waals surface area contributed by atoms with Gasteiger partial charge in [0, 0.05) is 0 Å². The van der Waals surface area contributed by atoms with Gasteiger partial charge in [-0.15, -0.1) is 0 Å². The van der Waals surface area contributed by atoms with E-state index in [1.54, 1.807) is 0 Å². The van der Waals surface area contributed by atoms with Crippen molar-refractivity contribution in [2.75, 3.05) is 0 Å². The molecule has 0 nitrogen and oxygen atoms in total. The van der Waals surface area contributed by atoms with Gasteiger partial charge in [-0.1, -0.05) is 0 Å². The van der Waals surface area contributed by atoms with Gasteiger partial charge in [0.15, 0.2) is 0 Å². The third kappa shape index (κ3) is 2.48. The van der Waals surface area contributed by atoms with Crippen molar-refractivity contribution in [1.29, 1.82) is 0 Å². The van der Waals surface area contributed by atoms with Crippen LogP contribution in [0.5, 0.6) is 0 Å². The summed E-state index contributed by atoms with van der Waals surface area (Å²) in [5.41, 5.74) is 1.47. The molecule has 0 N–H and O–H groups in total. The summed E-state index contributed by atoms with van der Waals surface area (Å²) in [5.74, 6) is 0. The molecule has 0 aliphatic heterocycles. The molecule has 0 saturated heterocycles. The van der Waals surface area contributed by atoms with Crippen LogP contribution in [0.25, 0.3) is 0 Å². The zero-order valence-corrected chi connectivity index (χ0v) is 10.8. The van der Waals surface area contributed by atoms with E-state index in [-0.39, 0.29) is 0 Å². The van der Waals surface area contributed by atoms with E-state index in [0.29, 0.717) is 4.44 Å². The second-order valence-corrected chi connectivity index (χ2v) is 11.6. The summed E-state index contributed by atoms with van der Waals surface area (Å²) in [4.78, 5) is 0. The predicted molar refractivity (Wildman–Crippen MR) is 59.7 cm³/mol. The van der Waals surface area contributed by atoms with E-state index in [1.807, 2.05) is 0 Å². The fraction of sp³-hybridized carbons (Fsp3) is 0.400. The molecular formula is C10H16SeSi. The van der Waals surface area contributed by atoms with E-state index in [9.17, 15) is 0 Å². The Morgan fingerprint density at radius 3 is 2.00 bits per heavy atom. The molecule has 0 amide bonds. The summed E-state index contributed by atoms with van der Waals surface area (Å²) in [6.07, 6.45) is 0. The molecule has 1 rings (SSSR count). The molecule has 1 aromatic carbocycles. The molecule has 0 aliphatic carbocycles. The molecule has 0 fully saturated rings. The molecule has 0 aliphatic rings. The van der Waals surface area contributed by atoms with Crippen molar-refractivity contribution in [2.45, 2.75) is 24.1 Å². The van der Waals surface area contributed by atoms with Gasteiger partial charge in [-0.3, -0.25) is 0 Å². The summed E-state index contributed by atoms with van der Waals surface area (Å²) in [6.45, 7) is 7.22. The van der Waals surface area contributed by atoms with Crippen LogP contribution in [0.2, 0.25) is 19.6 Å². The van der Waals surface area contributed by atoms with Crippen LogP contribution in [0.15, 0.2) is 30.3 Å². The first-order valence-electron chi connectivity index (χ1n) is 4.25. The van der Waals surface area contributed by atoms with E-state index in [2.05, 4.69) is 66.0 Å². The van der Waals surface area contributed by atoms with Crippen LogP contribution >= 0.6 is 0 Å². The maximum atomic E-state index is 2.82. The first-order chi connectivity index (χ1) is 5.52. The summed E-state index contributed by atoms with van der Waals surface area (Å²) in [6, 6.07) is 10.8. The second kappa shape index (κ2) is 3.78. The Morgan fingerprint density at radius 2 is 1.58 bits per heavy atom. The van der Waals surface area contributed by atoms with Crippen molar-refractivity contribution in [3.8, 4) is 0 Å². The van der Waals surface area contributed by atoms with Crippen molar-refractivity contribution in [3.05, 3.63) is 35.9 Å². The molecule has 12 heavy (non-hydrogen) atoms. The molecule has 0 saturated carbocycles. The van der Waals surface area contributed by atoms with Gasteiger partial charge in [-0.05, 0) is 0 Å². The number of benzene rings is 1. The predicted octanol–water partition coefficient (Wildman–Crippen LogP) is 2.51. The van der Waals surface area contributed by atoms with Crippen molar-refractivity contribution < 1.29 is 0 Å². The normalized spacial score (nSPS) is 14.3. The van der Waals surface area contributed by atoms with Crippen LogP contribution < -0.4 is 0 Å². The van der Waals surface area contributed by atoms with Gasteiger partial charge in [0.05, 0.1) is 0 Å². The summed E-state index contributed by atoms with van der Waals surface area (Å²) < 4.78 is 0.700. The van der Waals surface area contributed by atoms with Crippen LogP contribution in [0.4, 0.5) is 0 Å². The van der Waals surface area contributed by atoms with Gasteiger partial charge in [0.25, 0.3) is 0 Å². The van der Waals surface area contributed by atoms with E-state index in [1.165, 1.54) is 5.56 Å². The van der Waals surface area contributed by atoms with Gasteiger partial charge in [0.2, 0.25) is 0 Å². The Morgan fingerprint density at radius 1 is 1.08 bits per heavy atom. The number of hydrogen-bond donors (Lipinski definition) is 0. The molecule has 0 bridgehead atoms. The minimum absolute atomic E-state index is 0.700. The van der Waals surface area contributed by atoms with E-state index in [4.69, 9.17) is 0 Å². The number of hydrogen-bond acceptors (Lipinski definition) is 0. The Hall–Kier alpha value is -0.0436. The first kappa shape index (κ1) is 10.0. The number of rotatable bonds is 2. The SMILES string of the molecule is C[Si](C)(C)C([SeH])c1ccccc1. The maximum absolute atomic E-state index is 2.82. The molecule has 0 heterocycles. The summed E-state index contributed by atoms with van der Waals surface area (Å²) in [5, 5.41) is 0. The molecule has 0 spiro atoms. The fourth-order valence-electron chi connectivity index (χ4n) is 1.14. The zero-order valence-electron chi connectivity index (χ0n) is 7.91. The van der Waals surface area contributed by atoms with Gasteiger partial charge in [0.1, 0.15) is 0 Å². The molecule has 2 heteroatoms. The fourth-order valence-corrected chi connectivity index (χ4v) is 2.69. The van der Waals surface area contributed by atoms with Gasteiger partial charge >= 0.3 is 84.1 Å². The van der Waals surface area contributed by atoms with Crippen molar-refractivity contribution >= 4 is 24.1 Å². The van der Waals surface area contributed by atoms with Gasteiger partial charge in [-0.25, -0.2) is 0 Å². The second-order valence-electron chi connectivity index (χ2n) is 4.18. The van der Waals surface area contributed by atoms with E-state index >= 15 is 0 Å². The van der Waals surface area contributed by atoms with Crippen molar-refractivity contribution in [1.82, 2.24) is 0 Å². The van der Waals surface area contributed by atoms with Crippen molar-refractivity contribution in [3.63, 3.8) is 0 Å². The van der Waals surface area contributed by atoms with Crippen LogP contribution in [0, 0.1) is 0 Å². The monoisotopic (exact) mass is 244 g/mol. The average molecular weight is 243 g/mol. The first-order valence-corrected chi connectivity index (χ1v) is 8.91. The molecule has 1 unspecified atom stereocenters. The zero-order chi connectivity index (χ0) is 9.19. The standard InChI is InChI=1S/C10H16SeSi/c1-12(2,3)10(11)9-7-5-4-6-8-9/h4-8,10-11H,1-3H3. The third-order valence-corrected chi connectivity index (χ3v) is 9.41. The Labute approximate surface area is 84.2 Å². The summed E-state index contributed by atoms with van der Waals surface area (Å²) >= 11 is 2.82. The molecule has 0 radical (unpaired) electrons. The minimum atomic E-state index is -1.03. The Bertz CT molecular complexity index is 238. The van der Waals surface area contributed by atoms with Crippen LogP contribution in [-0.2, 0) is 0 Å². The van der Waals surface area contributed by atoms with E-state index in [0.717, 1.165) is 0 Å². The molecule has 1 atom stereocenters.